The van der Waals surface area contributed by atoms with Gasteiger partial charge in [0.2, 0.25) is 5.85 Å². The van der Waals surface area contributed by atoms with Crippen LogP contribution < -0.4 is 22.0 Å². The highest BCUT2D eigenvalue weighted by Crippen LogP contribution is 2.43. The van der Waals surface area contributed by atoms with E-state index in [1.165, 1.54) is 66.3 Å². The Bertz CT molecular complexity index is 1960. The van der Waals surface area contributed by atoms with Crippen LogP contribution in [0.2, 0.25) is 0 Å². The number of hydrogen-bond acceptors (Lipinski definition) is 16. The number of methoxy groups -OCH3 is 1. The first-order valence-electron chi connectivity index (χ1n) is 16.7. The summed E-state index contributed by atoms with van der Waals surface area (Å²) in [6, 6.07) is 2.73. The van der Waals surface area contributed by atoms with Crippen LogP contribution in [-0.4, -0.2) is 115 Å². The van der Waals surface area contributed by atoms with Crippen molar-refractivity contribution in [2.45, 2.75) is 77.5 Å². The molecule has 0 aliphatic heterocycles. The second-order valence-electron chi connectivity index (χ2n) is 14.0. The number of hydrogen-bond donors (Lipinski definition) is 4. The Labute approximate surface area is 327 Å². The summed E-state index contributed by atoms with van der Waals surface area (Å²) >= 11 is 0. The molecule has 24 heteroatoms. The molecule has 0 bridgehead atoms. The van der Waals surface area contributed by atoms with Gasteiger partial charge in [-0.1, -0.05) is 24.3 Å². The van der Waals surface area contributed by atoms with Crippen molar-refractivity contribution in [1.82, 2.24) is 19.1 Å². The predicted octanol–water partition coefficient (Wildman–Crippen LogP) is 2.60. The number of anilines is 2. The minimum absolute atomic E-state index is 0.0449. The summed E-state index contributed by atoms with van der Waals surface area (Å²) < 4.78 is 50.6. The van der Waals surface area contributed by atoms with Crippen molar-refractivity contribution >= 4 is 50.5 Å². The molecule has 2 amide bonds. The Hall–Kier alpha value is -4.98. The number of nitrogens with zero attached hydrogens (tertiary/aromatic N) is 5. The molecule has 0 fully saturated rings. The molecule has 0 saturated carbocycles. The van der Waals surface area contributed by atoms with Gasteiger partial charge < -0.3 is 48.9 Å². The van der Waals surface area contributed by atoms with Gasteiger partial charge in [-0.3, -0.25) is 13.7 Å². The van der Waals surface area contributed by atoms with Crippen molar-refractivity contribution in [1.29, 1.82) is 0 Å². The van der Waals surface area contributed by atoms with Crippen LogP contribution in [-0.2, 0) is 55.5 Å². The maximum Gasteiger partial charge on any atom is 0.425 e. The van der Waals surface area contributed by atoms with E-state index in [4.69, 9.17) is 34.8 Å². The number of carbonyl (C=O) groups excluding carboxylic acids is 3. The van der Waals surface area contributed by atoms with Gasteiger partial charge in [0.25, 0.3) is 5.85 Å². The Morgan fingerprint density at radius 1 is 0.807 bits per heavy atom. The first-order chi connectivity index (χ1) is 26.1. The highest BCUT2D eigenvalue weighted by atomic mass is 31.2. The lowest BCUT2D eigenvalue weighted by atomic mass is 10.2. The van der Waals surface area contributed by atoms with Crippen LogP contribution in [0.4, 0.5) is 21.2 Å². The lowest BCUT2D eigenvalue weighted by molar-refractivity contribution is -0.148. The number of nitrogens with two attached hydrogens (primary N) is 1. The number of carbonyl (C=O) groups is 4. The molecule has 0 saturated heterocycles. The minimum atomic E-state index is -4.89. The molecule has 0 spiro atoms. The standard InChI is InChI=1S/C23H36N3O9P.C10H14N3O7P/c1-22(2,3)34-20(29)26(21(30)35-23(4,5)6)16-12-14-25(19(28)24-16)13-10-11-15-33-18(17(27)32-7)36(8,9)31;11-7-3-5-13(10(16)12-7)4-1-2-6-20-9(8(14)15)21(17,18)19/h10-12,14,18H,13,15H2,1-9H3;1-3,5,9H,4,6H2,(H,14,15)(H2,11,12,16)(H2,17,18,19)/b11-10-;2-1-. The van der Waals surface area contributed by atoms with Gasteiger partial charge in [0.15, 0.2) is 5.82 Å². The van der Waals surface area contributed by atoms with Crippen molar-refractivity contribution in [3.05, 3.63) is 69.8 Å². The molecule has 2 heterocycles. The van der Waals surface area contributed by atoms with E-state index in [0.29, 0.717) is 4.90 Å². The van der Waals surface area contributed by atoms with Crippen molar-refractivity contribution < 1.29 is 66.9 Å². The minimum Gasteiger partial charge on any atom is -0.479 e. The zero-order valence-corrected chi connectivity index (χ0v) is 34.7. The maximum absolute atomic E-state index is 12.7. The number of amides is 2. The van der Waals surface area contributed by atoms with Crippen LogP contribution in [0.25, 0.3) is 0 Å². The molecule has 2 aromatic heterocycles. The highest BCUT2D eigenvalue weighted by Gasteiger charge is 2.37. The highest BCUT2D eigenvalue weighted by molar-refractivity contribution is 7.63. The molecular formula is C33H50N6O16P2. The van der Waals surface area contributed by atoms with Crippen molar-refractivity contribution in [2.75, 3.05) is 44.3 Å². The molecule has 318 valence electrons. The van der Waals surface area contributed by atoms with Gasteiger partial charge >= 0.3 is 43.1 Å². The summed E-state index contributed by atoms with van der Waals surface area (Å²) in [4.78, 5) is 97.1. The number of allylic oxidation sites excluding steroid dienone is 2. The lowest BCUT2D eigenvalue weighted by Crippen LogP contribution is -2.45. The zero-order valence-electron chi connectivity index (χ0n) is 33.0. The molecule has 5 N–H and O–H groups in total. The first kappa shape index (κ1) is 50.0. The third-order valence-electron chi connectivity index (χ3n) is 6.26. The second kappa shape index (κ2) is 21.5. The van der Waals surface area contributed by atoms with Gasteiger partial charge in [0, 0.05) is 25.5 Å². The summed E-state index contributed by atoms with van der Waals surface area (Å²) in [5.74, 6) is -6.06. The molecule has 0 aliphatic carbocycles. The number of nitrogen functional groups attached to an aromatic ring is 1. The summed E-state index contributed by atoms with van der Waals surface area (Å²) in [6.45, 7) is 12.5. The van der Waals surface area contributed by atoms with Gasteiger partial charge in [0.1, 0.15) is 24.2 Å². The average Bonchev–Trinajstić information content (AvgIpc) is 3.03. The summed E-state index contributed by atoms with van der Waals surface area (Å²) in [6.07, 6.45) is 6.59. The van der Waals surface area contributed by atoms with E-state index in [0.717, 1.165) is 0 Å². The zero-order chi connectivity index (χ0) is 43.9. The van der Waals surface area contributed by atoms with E-state index in [9.17, 15) is 37.9 Å². The largest absolute Gasteiger partial charge is 0.479 e. The Kier molecular flexibility index (Phi) is 18.9. The van der Waals surface area contributed by atoms with E-state index in [-0.39, 0.29) is 37.9 Å². The average molecular weight is 849 g/mol. The van der Waals surface area contributed by atoms with Crippen LogP contribution in [0.5, 0.6) is 0 Å². The third-order valence-corrected chi connectivity index (χ3v) is 8.73. The smallest absolute Gasteiger partial charge is 0.425 e. The molecule has 2 rings (SSSR count). The van der Waals surface area contributed by atoms with Crippen molar-refractivity contribution in [3.63, 3.8) is 0 Å². The summed E-state index contributed by atoms with van der Waals surface area (Å²) in [5.41, 5.74) is 2.20. The van der Waals surface area contributed by atoms with Crippen molar-refractivity contribution in [2.24, 2.45) is 0 Å². The van der Waals surface area contributed by atoms with E-state index in [1.54, 1.807) is 53.7 Å². The number of aliphatic carboxylic acids is 1. The van der Waals surface area contributed by atoms with Gasteiger partial charge in [-0.2, -0.15) is 14.9 Å². The van der Waals surface area contributed by atoms with E-state index in [2.05, 4.69) is 19.4 Å². The molecule has 0 aromatic carbocycles. The van der Waals surface area contributed by atoms with Crippen LogP contribution in [0.1, 0.15) is 41.5 Å². The Morgan fingerprint density at radius 3 is 1.61 bits per heavy atom. The molecule has 0 aliphatic rings. The summed E-state index contributed by atoms with van der Waals surface area (Å²) in [7, 11) is -6.60. The van der Waals surface area contributed by atoms with Crippen molar-refractivity contribution in [3.8, 4) is 0 Å². The lowest BCUT2D eigenvalue weighted by Gasteiger charge is -2.28. The Morgan fingerprint density at radius 2 is 1.25 bits per heavy atom. The number of esters is 1. The quantitative estimate of drug-likeness (QED) is 0.0866. The molecule has 2 aromatic rings. The van der Waals surface area contributed by atoms with Crippen LogP contribution in [0.3, 0.4) is 0 Å². The number of carboxylic acids is 1. The number of imide groups is 1. The van der Waals surface area contributed by atoms with Crippen LogP contribution >= 0.6 is 14.7 Å². The van der Waals surface area contributed by atoms with Crippen LogP contribution in [0.15, 0.2) is 58.4 Å². The topological polar surface area (TPSA) is 308 Å². The predicted molar refractivity (Wildman–Crippen MR) is 205 cm³/mol. The van der Waals surface area contributed by atoms with E-state index in [1.807, 2.05) is 0 Å². The molecule has 0 radical (unpaired) electrons. The fourth-order valence-corrected chi connectivity index (χ4v) is 5.49. The first-order valence-corrected chi connectivity index (χ1v) is 21.0. The third kappa shape index (κ3) is 18.7. The number of aromatic nitrogens is 4. The maximum atomic E-state index is 12.7. The fourth-order valence-electron chi connectivity index (χ4n) is 3.86. The second-order valence-corrected chi connectivity index (χ2v) is 19.0. The number of ether oxygens (including phenoxy) is 5. The Balaban J connectivity index is 0.000000655. The van der Waals surface area contributed by atoms with E-state index >= 15 is 0 Å². The molecule has 22 nitrogen and oxygen atoms in total. The van der Waals surface area contributed by atoms with Gasteiger partial charge in [-0.25, -0.2) is 28.8 Å². The normalized spacial score (nSPS) is 13.3. The monoisotopic (exact) mass is 848 g/mol. The summed E-state index contributed by atoms with van der Waals surface area (Å²) in [5, 5.41) is 8.60. The van der Waals surface area contributed by atoms with E-state index < -0.39 is 73.1 Å². The van der Waals surface area contributed by atoms with Gasteiger partial charge in [0.05, 0.1) is 20.3 Å². The van der Waals surface area contributed by atoms with Gasteiger partial charge in [-0.15, -0.1) is 0 Å². The molecule has 57 heavy (non-hydrogen) atoms. The SMILES string of the molecule is COC(=O)C(OC/C=C\Cn1ccc(N(C(=O)OC(C)(C)C)C(=O)OC(C)(C)C)nc1=O)P(C)(C)=O.Nc1ccn(C/C=C\COC(C(=O)O)P(=O)(O)O)c(=O)n1. The molecular weight excluding hydrogens is 798 g/mol. The number of carboxylic acid groups (broad SMARTS) is 1. The number of rotatable bonds is 15. The van der Waals surface area contributed by atoms with Crippen LogP contribution in [0, 0.1) is 0 Å². The fraction of sp³-hybridized carbons (Fsp3) is 0.515. The molecule has 2 unspecified atom stereocenters. The van der Waals surface area contributed by atoms with Gasteiger partial charge in [-0.05, 0) is 67.0 Å². The molecule has 2 atom stereocenters.